The predicted molar refractivity (Wildman–Crippen MR) is 73.0 cm³/mol. The van der Waals surface area contributed by atoms with Crippen molar-refractivity contribution in [2.75, 3.05) is 25.6 Å². The highest BCUT2D eigenvalue weighted by Gasteiger charge is 2.37. The summed E-state index contributed by atoms with van der Waals surface area (Å²) < 4.78 is 0. The zero-order chi connectivity index (χ0) is 13.6. The second kappa shape index (κ2) is 6.87. The highest BCUT2D eigenvalue weighted by atomic mass is 32.2. The largest absolute Gasteiger partial charge is 0.481 e. The Balaban J connectivity index is 2.55. The molecular weight excluding hydrogens is 252 g/mol. The summed E-state index contributed by atoms with van der Waals surface area (Å²) in [6, 6.07) is -0.160. The number of nitrogens with zero attached hydrogens (tertiary/aromatic N) is 1. The van der Waals surface area contributed by atoms with Crippen LogP contribution in [0.15, 0.2) is 0 Å². The standard InChI is InChI=1S/C12H22N2O3S/c1-14(7-8-18-2)11(17)13-12(9-10(15)16)5-3-4-6-12/h3-9H2,1-2H3,(H,13,17)(H,15,16). The van der Waals surface area contributed by atoms with Crippen LogP contribution in [0.25, 0.3) is 0 Å². The summed E-state index contributed by atoms with van der Waals surface area (Å²) in [4.78, 5) is 24.5. The first-order valence-electron chi connectivity index (χ1n) is 6.23. The molecule has 1 rings (SSSR count). The summed E-state index contributed by atoms with van der Waals surface area (Å²) in [5.74, 6) is 0.0412. The first-order valence-corrected chi connectivity index (χ1v) is 7.62. The Kier molecular flexibility index (Phi) is 5.78. The third kappa shape index (κ3) is 4.40. The summed E-state index contributed by atoms with van der Waals surface area (Å²) in [6.45, 7) is 0.677. The van der Waals surface area contributed by atoms with Crippen molar-refractivity contribution in [1.29, 1.82) is 0 Å². The van der Waals surface area contributed by atoms with Gasteiger partial charge in [0.1, 0.15) is 0 Å². The zero-order valence-electron chi connectivity index (χ0n) is 11.1. The van der Waals surface area contributed by atoms with Crippen LogP contribution in [0, 0.1) is 0 Å². The second-order valence-electron chi connectivity index (χ2n) is 4.90. The number of amides is 2. The molecule has 0 saturated heterocycles. The van der Waals surface area contributed by atoms with E-state index < -0.39 is 11.5 Å². The van der Waals surface area contributed by atoms with E-state index in [2.05, 4.69) is 5.32 Å². The van der Waals surface area contributed by atoms with E-state index in [1.165, 1.54) is 0 Å². The molecule has 5 nitrogen and oxygen atoms in total. The summed E-state index contributed by atoms with van der Waals surface area (Å²) in [5.41, 5.74) is -0.531. The zero-order valence-corrected chi connectivity index (χ0v) is 11.9. The van der Waals surface area contributed by atoms with Crippen LogP contribution >= 0.6 is 11.8 Å². The smallest absolute Gasteiger partial charge is 0.317 e. The maximum atomic E-state index is 12.0. The molecule has 1 aliphatic carbocycles. The fourth-order valence-corrected chi connectivity index (χ4v) is 2.80. The Bertz CT molecular complexity index is 304. The van der Waals surface area contributed by atoms with Crippen molar-refractivity contribution in [1.82, 2.24) is 10.2 Å². The molecule has 2 N–H and O–H groups in total. The lowest BCUT2D eigenvalue weighted by Gasteiger charge is -2.31. The number of carbonyl (C=O) groups excluding carboxylic acids is 1. The maximum absolute atomic E-state index is 12.0. The van der Waals surface area contributed by atoms with Crippen molar-refractivity contribution >= 4 is 23.8 Å². The Morgan fingerprint density at radius 3 is 2.50 bits per heavy atom. The van der Waals surface area contributed by atoms with E-state index in [1.807, 2.05) is 6.26 Å². The van der Waals surface area contributed by atoms with Gasteiger partial charge >= 0.3 is 12.0 Å². The lowest BCUT2D eigenvalue weighted by Crippen LogP contribution is -2.52. The van der Waals surface area contributed by atoms with Crippen molar-refractivity contribution in [2.24, 2.45) is 0 Å². The van der Waals surface area contributed by atoms with E-state index in [-0.39, 0.29) is 12.5 Å². The number of aliphatic carboxylic acids is 1. The number of urea groups is 1. The minimum Gasteiger partial charge on any atom is -0.481 e. The van der Waals surface area contributed by atoms with Crippen LogP contribution in [0.4, 0.5) is 4.79 Å². The van der Waals surface area contributed by atoms with E-state index in [4.69, 9.17) is 5.11 Å². The molecule has 0 atom stereocenters. The van der Waals surface area contributed by atoms with Gasteiger partial charge in [0, 0.05) is 19.3 Å². The molecule has 1 saturated carbocycles. The highest BCUT2D eigenvalue weighted by molar-refractivity contribution is 7.98. The van der Waals surface area contributed by atoms with Crippen LogP contribution in [0.2, 0.25) is 0 Å². The SMILES string of the molecule is CSCCN(C)C(=O)NC1(CC(=O)O)CCCC1. The summed E-state index contributed by atoms with van der Waals surface area (Å²) in [5, 5.41) is 11.9. The number of carboxylic acids is 1. The first-order chi connectivity index (χ1) is 8.49. The first kappa shape index (κ1) is 15.1. The van der Waals surface area contributed by atoms with Crippen molar-refractivity contribution in [2.45, 2.75) is 37.6 Å². The number of hydrogen-bond donors (Lipinski definition) is 2. The van der Waals surface area contributed by atoms with E-state index in [0.29, 0.717) is 6.54 Å². The third-order valence-corrected chi connectivity index (χ3v) is 3.99. The summed E-state index contributed by atoms with van der Waals surface area (Å²) in [6.07, 6.45) is 5.52. The Labute approximate surface area is 112 Å². The molecule has 0 aromatic rings. The summed E-state index contributed by atoms with van der Waals surface area (Å²) in [7, 11) is 1.75. The van der Waals surface area contributed by atoms with Gasteiger partial charge in [-0.15, -0.1) is 0 Å². The molecule has 0 bridgehead atoms. The predicted octanol–water partition coefficient (Wildman–Crippen LogP) is 1.78. The molecule has 0 spiro atoms. The minimum absolute atomic E-state index is 0.0229. The van der Waals surface area contributed by atoms with Crippen LogP contribution in [0.1, 0.15) is 32.1 Å². The fourth-order valence-electron chi connectivity index (χ4n) is 2.34. The van der Waals surface area contributed by atoms with Crippen LogP contribution in [0.3, 0.4) is 0 Å². The number of hydrogen-bond acceptors (Lipinski definition) is 3. The molecule has 0 aromatic carbocycles. The van der Waals surface area contributed by atoms with Crippen molar-refractivity contribution in [3.63, 3.8) is 0 Å². The molecule has 18 heavy (non-hydrogen) atoms. The molecule has 0 heterocycles. The normalized spacial score (nSPS) is 17.4. The van der Waals surface area contributed by atoms with E-state index >= 15 is 0 Å². The molecular formula is C12H22N2O3S. The summed E-state index contributed by atoms with van der Waals surface area (Å²) >= 11 is 1.68. The number of thioether (sulfide) groups is 1. The van der Waals surface area contributed by atoms with Gasteiger partial charge < -0.3 is 15.3 Å². The van der Waals surface area contributed by atoms with Gasteiger partial charge in [0.15, 0.2) is 0 Å². The minimum atomic E-state index is -0.844. The monoisotopic (exact) mass is 274 g/mol. The molecule has 1 fully saturated rings. The lowest BCUT2D eigenvalue weighted by molar-refractivity contribution is -0.138. The molecule has 104 valence electrons. The van der Waals surface area contributed by atoms with Crippen LogP contribution in [0.5, 0.6) is 0 Å². The topological polar surface area (TPSA) is 69.6 Å². The molecule has 1 aliphatic rings. The second-order valence-corrected chi connectivity index (χ2v) is 5.89. The van der Waals surface area contributed by atoms with Crippen molar-refractivity contribution in [3.05, 3.63) is 0 Å². The quantitative estimate of drug-likeness (QED) is 0.774. The molecule has 6 heteroatoms. The van der Waals surface area contributed by atoms with E-state index in [0.717, 1.165) is 31.4 Å². The molecule has 0 radical (unpaired) electrons. The van der Waals surface area contributed by atoms with Gasteiger partial charge in [0.25, 0.3) is 0 Å². The average molecular weight is 274 g/mol. The highest BCUT2D eigenvalue weighted by Crippen LogP contribution is 2.32. The van der Waals surface area contributed by atoms with Crippen LogP contribution in [-0.4, -0.2) is 53.1 Å². The van der Waals surface area contributed by atoms with Gasteiger partial charge in [0.05, 0.1) is 12.0 Å². The van der Waals surface area contributed by atoms with Gasteiger partial charge in [0.2, 0.25) is 0 Å². The van der Waals surface area contributed by atoms with Gasteiger partial charge in [-0.2, -0.15) is 11.8 Å². The molecule has 0 aromatic heterocycles. The van der Waals surface area contributed by atoms with E-state index in [9.17, 15) is 9.59 Å². The van der Waals surface area contributed by atoms with Gasteiger partial charge in [-0.1, -0.05) is 12.8 Å². The van der Waals surface area contributed by atoms with Gasteiger partial charge in [-0.05, 0) is 19.1 Å². The number of carbonyl (C=O) groups is 2. The number of rotatable bonds is 6. The maximum Gasteiger partial charge on any atom is 0.317 e. The molecule has 0 unspecified atom stereocenters. The van der Waals surface area contributed by atoms with E-state index in [1.54, 1.807) is 23.7 Å². The Hall–Kier alpha value is -0.910. The average Bonchev–Trinajstić information content (AvgIpc) is 2.72. The van der Waals surface area contributed by atoms with Crippen molar-refractivity contribution < 1.29 is 14.7 Å². The van der Waals surface area contributed by atoms with Crippen LogP contribution < -0.4 is 5.32 Å². The Morgan fingerprint density at radius 1 is 1.39 bits per heavy atom. The van der Waals surface area contributed by atoms with Crippen LogP contribution in [-0.2, 0) is 4.79 Å². The van der Waals surface area contributed by atoms with Crippen molar-refractivity contribution in [3.8, 4) is 0 Å². The lowest BCUT2D eigenvalue weighted by atomic mass is 9.93. The number of nitrogens with one attached hydrogen (secondary N) is 1. The van der Waals surface area contributed by atoms with Gasteiger partial charge in [-0.3, -0.25) is 4.79 Å². The van der Waals surface area contributed by atoms with Gasteiger partial charge in [-0.25, -0.2) is 4.79 Å². The molecule has 0 aliphatic heterocycles. The molecule has 2 amide bonds. The number of carboxylic acid groups (broad SMARTS) is 1. The third-order valence-electron chi connectivity index (χ3n) is 3.40. The Morgan fingerprint density at radius 2 is 2.00 bits per heavy atom. The fraction of sp³-hybridized carbons (Fsp3) is 0.833.